The summed E-state index contributed by atoms with van der Waals surface area (Å²) >= 11 is 0. The molecule has 0 saturated carbocycles. The second kappa shape index (κ2) is 5.53. The number of terminal acetylenes is 1. The lowest BCUT2D eigenvalue weighted by molar-refractivity contribution is 0.283. The fourth-order valence-electron chi connectivity index (χ4n) is 0.902. The van der Waals surface area contributed by atoms with E-state index in [4.69, 9.17) is 10.8 Å². The zero-order valence-electron chi connectivity index (χ0n) is 10.8. The van der Waals surface area contributed by atoms with E-state index in [1.807, 2.05) is 0 Å². The van der Waals surface area contributed by atoms with Crippen LogP contribution in [0.5, 0.6) is 0 Å². The minimum atomic E-state index is -1.57. The van der Waals surface area contributed by atoms with E-state index < -0.39 is 8.32 Å². The highest BCUT2D eigenvalue weighted by Crippen LogP contribution is 2.36. The monoisotopic (exact) mass is 224 g/mol. The SMILES string of the molecule is C#CC(=C)CCCO[Si](C)(C)C(C)(C)C. The molecule has 0 fully saturated rings. The van der Waals surface area contributed by atoms with Gasteiger partial charge in [0.2, 0.25) is 0 Å². The molecule has 0 aliphatic rings. The first kappa shape index (κ1) is 14.5. The number of hydrogen-bond acceptors (Lipinski definition) is 1. The van der Waals surface area contributed by atoms with Crippen LogP contribution in [0, 0.1) is 12.3 Å². The van der Waals surface area contributed by atoms with E-state index in [9.17, 15) is 0 Å². The van der Waals surface area contributed by atoms with E-state index in [-0.39, 0.29) is 5.04 Å². The van der Waals surface area contributed by atoms with Crippen molar-refractivity contribution in [3.05, 3.63) is 12.2 Å². The van der Waals surface area contributed by atoms with E-state index in [0.717, 1.165) is 25.0 Å². The lowest BCUT2D eigenvalue weighted by atomic mass is 10.2. The Morgan fingerprint density at radius 1 is 1.40 bits per heavy atom. The molecule has 0 aromatic carbocycles. The second-order valence-electron chi connectivity index (χ2n) is 5.46. The molecular formula is C13H24OSi. The third kappa shape index (κ3) is 5.20. The maximum atomic E-state index is 6.02. The van der Waals surface area contributed by atoms with E-state index in [1.54, 1.807) is 0 Å². The van der Waals surface area contributed by atoms with Crippen molar-refractivity contribution in [1.29, 1.82) is 0 Å². The quantitative estimate of drug-likeness (QED) is 0.390. The molecule has 0 saturated heterocycles. The molecule has 0 unspecified atom stereocenters. The molecule has 1 nitrogen and oxygen atoms in total. The van der Waals surface area contributed by atoms with Gasteiger partial charge in [0.1, 0.15) is 0 Å². The highest BCUT2D eigenvalue weighted by Gasteiger charge is 2.36. The van der Waals surface area contributed by atoms with Crippen LogP contribution in [0.3, 0.4) is 0 Å². The first-order valence-electron chi connectivity index (χ1n) is 5.49. The summed E-state index contributed by atoms with van der Waals surface area (Å²) in [7, 11) is -1.57. The summed E-state index contributed by atoms with van der Waals surface area (Å²) in [4.78, 5) is 0. The molecule has 2 heteroatoms. The molecule has 0 radical (unpaired) electrons. The molecule has 0 aromatic rings. The smallest absolute Gasteiger partial charge is 0.191 e. The normalized spacial score (nSPS) is 12.3. The fourth-order valence-corrected chi connectivity index (χ4v) is 1.99. The first-order chi connectivity index (χ1) is 6.70. The first-order valence-corrected chi connectivity index (χ1v) is 8.40. The zero-order chi connectivity index (χ0) is 12.1. The van der Waals surface area contributed by atoms with Gasteiger partial charge in [0.15, 0.2) is 8.32 Å². The standard InChI is InChI=1S/C13H24OSi/c1-8-12(2)10-9-11-14-15(6,7)13(3,4)5/h1H,2,9-11H2,3-7H3. The average molecular weight is 224 g/mol. The molecule has 0 aliphatic carbocycles. The van der Waals surface area contributed by atoms with E-state index in [0.29, 0.717) is 0 Å². The third-order valence-corrected chi connectivity index (χ3v) is 7.63. The van der Waals surface area contributed by atoms with Crippen molar-refractivity contribution >= 4 is 8.32 Å². The van der Waals surface area contributed by atoms with Crippen LogP contribution < -0.4 is 0 Å². The summed E-state index contributed by atoms with van der Waals surface area (Å²) in [5, 5.41) is 0.288. The molecule has 0 aliphatic heterocycles. The molecule has 15 heavy (non-hydrogen) atoms. The molecule has 0 aromatic heterocycles. The van der Waals surface area contributed by atoms with Crippen molar-refractivity contribution in [3.8, 4) is 12.3 Å². The van der Waals surface area contributed by atoms with Gasteiger partial charge in [0, 0.05) is 6.61 Å². The fraction of sp³-hybridized carbons (Fsp3) is 0.692. The van der Waals surface area contributed by atoms with Gasteiger partial charge in [-0.25, -0.2) is 0 Å². The van der Waals surface area contributed by atoms with Gasteiger partial charge in [-0.2, -0.15) is 0 Å². The van der Waals surface area contributed by atoms with Crippen LogP contribution in [0.2, 0.25) is 18.1 Å². The Morgan fingerprint density at radius 2 is 1.93 bits per heavy atom. The Morgan fingerprint density at radius 3 is 2.33 bits per heavy atom. The molecule has 86 valence electrons. The summed E-state index contributed by atoms with van der Waals surface area (Å²) in [5.41, 5.74) is 0.869. The number of allylic oxidation sites excluding steroid dienone is 1. The van der Waals surface area contributed by atoms with Crippen molar-refractivity contribution in [2.45, 2.75) is 51.7 Å². The summed E-state index contributed by atoms with van der Waals surface area (Å²) in [6, 6.07) is 0. The van der Waals surface area contributed by atoms with Crippen LogP contribution in [0.1, 0.15) is 33.6 Å². The molecule has 0 spiro atoms. The Balaban J connectivity index is 3.88. The van der Waals surface area contributed by atoms with Gasteiger partial charge in [-0.05, 0) is 36.5 Å². The van der Waals surface area contributed by atoms with Crippen molar-refractivity contribution in [2.24, 2.45) is 0 Å². The maximum Gasteiger partial charge on any atom is 0.191 e. The molecule has 0 heterocycles. The van der Waals surface area contributed by atoms with Gasteiger partial charge in [-0.15, -0.1) is 6.42 Å². The molecular weight excluding hydrogens is 200 g/mol. The maximum absolute atomic E-state index is 6.02. The highest BCUT2D eigenvalue weighted by molar-refractivity contribution is 6.74. The van der Waals surface area contributed by atoms with Crippen LogP contribution in [-0.2, 0) is 4.43 Å². The minimum Gasteiger partial charge on any atom is -0.417 e. The van der Waals surface area contributed by atoms with Gasteiger partial charge >= 0.3 is 0 Å². The predicted octanol–water partition coefficient (Wildman–Crippen LogP) is 3.98. The van der Waals surface area contributed by atoms with Crippen LogP contribution in [-0.4, -0.2) is 14.9 Å². The second-order valence-corrected chi connectivity index (χ2v) is 10.3. The Kier molecular flexibility index (Phi) is 5.34. The van der Waals surface area contributed by atoms with Gasteiger partial charge in [0.05, 0.1) is 0 Å². The van der Waals surface area contributed by atoms with Gasteiger partial charge < -0.3 is 4.43 Å². The lowest BCUT2D eigenvalue weighted by Crippen LogP contribution is -2.40. The van der Waals surface area contributed by atoms with Crippen LogP contribution in [0.15, 0.2) is 12.2 Å². The predicted molar refractivity (Wildman–Crippen MR) is 70.4 cm³/mol. The Hall–Kier alpha value is -0.523. The number of hydrogen-bond donors (Lipinski definition) is 0. The lowest BCUT2D eigenvalue weighted by Gasteiger charge is -2.36. The van der Waals surface area contributed by atoms with Gasteiger partial charge in [0.25, 0.3) is 0 Å². The topological polar surface area (TPSA) is 9.23 Å². The van der Waals surface area contributed by atoms with Crippen LogP contribution >= 0.6 is 0 Å². The Labute approximate surface area is 96.0 Å². The van der Waals surface area contributed by atoms with E-state index in [1.165, 1.54) is 0 Å². The van der Waals surface area contributed by atoms with Crippen molar-refractivity contribution in [3.63, 3.8) is 0 Å². The summed E-state index contributed by atoms with van der Waals surface area (Å²) in [5.74, 6) is 2.55. The van der Waals surface area contributed by atoms with Crippen molar-refractivity contribution in [2.75, 3.05) is 6.61 Å². The Bertz CT molecular complexity index is 253. The van der Waals surface area contributed by atoms with Crippen LogP contribution in [0.4, 0.5) is 0 Å². The van der Waals surface area contributed by atoms with Gasteiger partial charge in [-0.1, -0.05) is 33.3 Å². The van der Waals surface area contributed by atoms with E-state index >= 15 is 0 Å². The summed E-state index contributed by atoms with van der Waals surface area (Å²) < 4.78 is 6.02. The third-order valence-electron chi connectivity index (χ3n) is 3.10. The molecule has 0 rings (SSSR count). The summed E-state index contributed by atoms with van der Waals surface area (Å²) in [6.07, 6.45) is 7.09. The average Bonchev–Trinajstić information content (AvgIpc) is 2.10. The highest BCUT2D eigenvalue weighted by atomic mass is 28.4. The van der Waals surface area contributed by atoms with E-state index in [2.05, 4.69) is 46.4 Å². The molecule has 0 atom stereocenters. The minimum absolute atomic E-state index is 0.288. The molecule has 0 amide bonds. The molecule has 0 bridgehead atoms. The van der Waals surface area contributed by atoms with Crippen molar-refractivity contribution in [1.82, 2.24) is 0 Å². The van der Waals surface area contributed by atoms with Gasteiger partial charge in [-0.3, -0.25) is 0 Å². The number of rotatable bonds is 5. The largest absolute Gasteiger partial charge is 0.417 e. The summed E-state index contributed by atoms with van der Waals surface area (Å²) in [6.45, 7) is 15.9. The van der Waals surface area contributed by atoms with Crippen LogP contribution in [0.25, 0.3) is 0 Å². The zero-order valence-corrected chi connectivity index (χ0v) is 11.8. The molecule has 0 N–H and O–H groups in total. The van der Waals surface area contributed by atoms with Crippen molar-refractivity contribution < 1.29 is 4.43 Å².